The topological polar surface area (TPSA) is 50.7 Å². The number of methoxy groups -OCH3 is 1. The molecule has 0 saturated heterocycles. The zero-order valence-electron chi connectivity index (χ0n) is 9.82. The fraction of sp³-hybridized carbons (Fsp3) is 0.500. The number of aliphatic hydroxyl groups excluding tert-OH is 1. The normalized spacial score (nSPS) is 10.2. The van der Waals surface area contributed by atoms with Crippen molar-refractivity contribution in [2.24, 2.45) is 0 Å². The maximum absolute atomic E-state index is 8.70. The Bertz CT molecular complexity index is 315. The molecule has 0 aliphatic heterocycles. The Hall–Kier alpha value is -1.26. The van der Waals surface area contributed by atoms with Crippen LogP contribution in [0.1, 0.15) is 12.5 Å². The predicted octanol–water partition coefficient (Wildman–Crippen LogP) is 1.18. The van der Waals surface area contributed by atoms with Gasteiger partial charge >= 0.3 is 0 Å². The zero-order chi connectivity index (χ0) is 11.8. The molecule has 4 heteroatoms. The summed E-state index contributed by atoms with van der Waals surface area (Å²) in [6.07, 6.45) is 0. The van der Waals surface area contributed by atoms with E-state index in [1.54, 1.807) is 7.11 Å². The molecular weight excluding hydrogens is 206 g/mol. The monoisotopic (exact) mass is 225 g/mol. The summed E-state index contributed by atoms with van der Waals surface area (Å²) < 4.78 is 10.8. The van der Waals surface area contributed by atoms with Gasteiger partial charge in [-0.3, -0.25) is 0 Å². The van der Waals surface area contributed by atoms with Gasteiger partial charge < -0.3 is 19.9 Å². The molecule has 0 heterocycles. The largest absolute Gasteiger partial charge is 0.493 e. The van der Waals surface area contributed by atoms with Crippen molar-refractivity contribution in [3.63, 3.8) is 0 Å². The molecular formula is C12H19NO3. The third kappa shape index (κ3) is 3.40. The number of ether oxygens (including phenoxy) is 2. The lowest BCUT2D eigenvalue weighted by Crippen LogP contribution is -2.18. The fourth-order valence-corrected chi connectivity index (χ4v) is 1.47. The van der Waals surface area contributed by atoms with E-state index in [2.05, 4.69) is 5.32 Å². The Morgan fingerprint density at radius 1 is 1.38 bits per heavy atom. The van der Waals surface area contributed by atoms with E-state index in [9.17, 15) is 0 Å². The van der Waals surface area contributed by atoms with Crippen LogP contribution in [-0.2, 0) is 6.54 Å². The minimum absolute atomic E-state index is 0.133. The van der Waals surface area contributed by atoms with Crippen molar-refractivity contribution < 1.29 is 14.6 Å². The molecule has 0 fully saturated rings. The summed E-state index contributed by atoms with van der Waals surface area (Å²) in [5.41, 5.74) is 1.04. The van der Waals surface area contributed by atoms with Gasteiger partial charge in [0, 0.05) is 18.7 Å². The number of hydrogen-bond donors (Lipinski definition) is 2. The first-order chi connectivity index (χ1) is 7.83. The van der Waals surface area contributed by atoms with Crippen LogP contribution in [0, 0.1) is 0 Å². The Balaban J connectivity index is 2.79. The van der Waals surface area contributed by atoms with Gasteiger partial charge in [-0.05, 0) is 13.0 Å². The molecule has 0 bridgehead atoms. The molecule has 1 rings (SSSR count). The van der Waals surface area contributed by atoms with Gasteiger partial charge in [0.2, 0.25) is 0 Å². The Kier molecular flexibility index (Phi) is 5.67. The van der Waals surface area contributed by atoms with Crippen LogP contribution in [0.4, 0.5) is 0 Å². The molecule has 4 nitrogen and oxygen atoms in total. The highest BCUT2D eigenvalue weighted by atomic mass is 16.5. The second kappa shape index (κ2) is 7.09. The molecule has 0 radical (unpaired) electrons. The lowest BCUT2D eigenvalue weighted by molar-refractivity contribution is 0.289. The molecule has 0 aliphatic carbocycles. The Morgan fingerprint density at radius 2 is 2.19 bits per heavy atom. The number of rotatable bonds is 7. The highest BCUT2D eigenvalue weighted by Gasteiger charge is 2.09. The second-order valence-corrected chi connectivity index (χ2v) is 3.28. The standard InChI is InChI=1S/C12H19NO3/c1-3-16-12-10(9-13-7-8-14)5-4-6-11(12)15-2/h4-6,13-14H,3,7-9H2,1-2H3. The van der Waals surface area contributed by atoms with Gasteiger partial charge in [-0.1, -0.05) is 12.1 Å². The predicted molar refractivity (Wildman–Crippen MR) is 63.0 cm³/mol. The van der Waals surface area contributed by atoms with Crippen molar-refractivity contribution in [1.29, 1.82) is 0 Å². The van der Waals surface area contributed by atoms with Gasteiger partial charge in [0.1, 0.15) is 0 Å². The van der Waals surface area contributed by atoms with Crippen LogP contribution in [0.3, 0.4) is 0 Å². The van der Waals surface area contributed by atoms with E-state index in [1.165, 1.54) is 0 Å². The van der Waals surface area contributed by atoms with Crippen LogP contribution in [0.25, 0.3) is 0 Å². The zero-order valence-corrected chi connectivity index (χ0v) is 9.82. The van der Waals surface area contributed by atoms with Crippen LogP contribution in [0.15, 0.2) is 18.2 Å². The van der Waals surface area contributed by atoms with Gasteiger partial charge in [-0.25, -0.2) is 0 Å². The van der Waals surface area contributed by atoms with Crippen LogP contribution < -0.4 is 14.8 Å². The average Bonchev–Trinajstić information content (AvgIpc) is 2.31. The van der Waals surface area contributed by atoms with E-state index in [1.807, 2.05) is 25.1 Å². The van der Waals surface area contributed by atoms with Gasteiger partial charge in [0.25, 0.3) is 0 Å². The van der Waals surface area contributed by atoms with Gasteiger partial charge in [-0.15, -0.1) is 0 Å². The van der Waals surface area contributed by atoms with Crippen molar-refractivity contribution in [1.82, 2.24) is 5.32 Å². The average molecular weight is 225 g/mol. The maximum Gasteiger partial charge on any atom is 0.165 e. The van der Waals surface area contributed by atoms with Crippen LogP contribution >= 0.6 is 0 Å². The van der Waals surface area contributed by atoms with E-state index in [0.717, 1.165) is 17.1 Å². The molecule has 0 unspecified atom stereocenters. The number of para-hydroxylation sites is 1. The van der Waals surface area contributed by atoms with Crippen LogP contribution in [-0.4, -0.2) is 32.0 Å². The van der Waals surface area contributed by atoms with Gasteiger partial charge in [-0.2, -0.15) is 0 Å². The first kappa shape index (κ1) is 12.8. The second-order valence-electron chi connectivity index (χ2n) is 3.28. The molecule has 0 aliphatic rings. The molecule has 0 atom stereocenters. The molecule has 0 aromatic heterocycles. The molecule has 0 amide bonds. The van der Waals surface area contributed by atoms with Crippen LogP contribution in [0.2, 0.25) is 0 Å². The Labute approximate surface area is 96.2 Å². The number of nitrogens with one attached hydrogen (secondary N) is 1. The van der Waals surface area contributed by atoms with Crippen molar-refractivity contribution in [3.8, 4) is 11.5 Å². The summed E-state index contributed by atoms with van der Waals surface area (Å²) in [5.74, 6) is 1.52. The third-order valence-electron chi connectivity index (χ3n) is 2.17. The lowest BCUT2D eigenvalue weighted by Gasteiger charge is -2.14. The van der Waals surface area contributed by atoms with Gasteiger partial charge in [0.15, 0.2) is 11.5 Å². The highest BCUT2D eigenvalue weighted by Crippen LogP contribution is 2.30. The van der Waals surface area contributed by atoms with E-state index >= 15 is 0 Å². The minimum Gasteiger partial charge on any atom is -0.493 e. The maximum atomic E-state index is 8.70. The van der Waals surface area contributed by atoms with Crippen LogP contribution in [0.5, 0.6) is 11.5 Å². The smallest absolute Gasteiger partial charge is 0.165 e. The SMILES string of the molecule is CCOc1c(CNCCO)cccc1OC. The summed E-state index contributed by atoms with van der Waals surface area (Å²) in [5, 5.41) is 11.8. The lowest BCUT2D eigenvalue weighted by atomic mass is 10.2. The number of benzene rings is 1. The minimum atomic E-state index is 0.133. The third-order valence-corrected chi connectivity index (χ3v) is 2.17. The van der Waals surface area contributed by atoms with Crippen molar-refractivity contribution in [2.45, 2.75) is 13.5 Å². The summed E-state index contributed by atoms with van der Waals surface area (Å²) in [6.45, 7) is 3.91. The molecule has 0 spiro atoms. The van der Waals surface area contributed by atoms with Crippen molar-refractivity contribution >= 4 is 0 Å². The summed E-state index contributed by atoms with van der Waals surface area (Å²) in [4.78, 5) is 0. The first-order valence-electron chi connectivity index (χ1n) is 5.43. The van der Waals surface area contributed by atoms with E-state index < -0.39 is 0 Å². The number of hydrogen-bond acceptors (Lipinski definition) is 4. The fourth-order valence-electron chi connectivity index (χ4n) is 1.47. The van der Waals surface area contributed by atoms with E-state index in [0.29, 0.717) is 19.7 Å². The summed E-state index contributed by atoms with van der Waals surface area (Å²) in [7, 11) is 1.63. The molecule has 1 aromatic rings. The quantitative estimate of drug-likeness (QED) is 0.684. The number of aliphatic hydroxyl groups is 1. The van der Waals surface area contributed by atoms with E-state index in [4.69, 9.17) is 14.6 Å². The van der Waals surface area contributed by atoms with Crippen molar-refractivity contribution in [2.75, 3.05) is 26.9 Å². The molecule has 90 valence electrons. The van der Waals surface area contributed by atoms with Gasteiger partial charge in [0.05, 0.1) is 20.3 Å². The summed E-state index contributed by atoms with van der Waals surface area (Å²) in [6, 6.07) is 5.79. The molecule has 16 heavy (non-hydrogen) atoms. The molecule has 0 saturated carbocycles. The Morgan fingerprint density at radius 3 is 2.81 bits per heavy atom. The first-order valence-corrected chi connectivity index (χ1v) is 5.43. The van der Waals surface area contributed by atoms with Crippen molar-refractivity contribution in [3.05, 3.63) is 23.8 Å². The highest BCUT2D eigenvalue weighted by molar-refractivity contribution is 5.46. The van der Waals surface area contributed by atoms with E-state index in [-0.39, 0.29) is 6.61 Å². The summed E-state index contributed by atoms with van der Waals surface area (Å²) >= 11 is 0. The molecule has 1 aromatic carbocycles. The molecule has 2 N–H and O–H groups in total.